The van der Waals surface area contributed by atoms with Crippen LogP contribution in [-0.4, -0.2) is 42.2 Å². The highest BCUT2D eigenvalue weighted by molar-refractivity contribution is 7.80. The van der Waals surface area contributed by atoms with E-state index in [9.17, 15) is 4.79 Å². The molecule has 0 radical (unpaired) electrons. The predicted octanol–water partition coefficient (Wildman–Crippen LogP) is 1.69. The fourth-order valence-corrected chi connectivity index (χ4v) is 2.39. The number of carbonyl (C=O) groups excluding carboxylic acids is 1. The van der Waals surface area contributed by atoms with Gasteiger partial charge in [0, 0.05) is 25.6 Å². The van der Waals surface area contributed by atoms with E-state index in [0.29, 0.717) is 12.2 Å². The molecule has 1 fully saturated rings. The lowest BCUT2D eigenvalue weighted by atomic mass is 10.0. The maximum Gasteiger partial charge on any atom is 0.220 e. The molecule has 1 aliphatic heterocycles. The van der Waals surface area contributed by atoms with Crippen LogP contribution in [0.25, 0.3) is 0 Å². The van der Waals surface area contributed by atoms with Gasteiger partial charge in [0.05, 0.1) is 0 Å². The molecule has 0 spiro atoms. The van der Waals surface area contributed by atoms with Crippen LogP contribution in [0.1, 0.15) is 39.0 Å². The van der Waals surface area contributed by atoms with Gasteiger partial charge in [0.15, 0.2) is 0 Å². The third-order valence-corrected chi connectivity index (χ3v) is 3.45. The molecule has 0 bridgehead atoms. The summed E-state index contributed by atoms with van der Waals surface area (Å²) < 4.78 is 0. The predicted molar refractivity (Wildman–Crippen MR) is 71.0 cm³/mol. The van der Waals surface area contributed by atoms with Crippen LogP contribution in [0.2, 0.25) is 0 Å². The van der Waals surface area contributed by atoms with E-state index in [4.69, 9.17) is 0 Å². The lowest BCUT2D eigenvalue weighted by Crippen LogP contribution is -2.39. The lowest BCUT2D eigenvalue weighted by Gasteiger charge is -2.33. The SMILES string of the molecule is CC1CCCCN1CCCNC(=O)CCS. The van der Waals surface area contributed by atoms with Crippen molar-refractivity contribution in [2.45, 2.75) is 45.1 Å². The number of hydrogen-bond donors (Lipinski definition) is 2. The fourth-order valence-electron chi connectivity index (χ4n) is 2.19. The fraction of sp³-hybridized carbons (Fsp3) is 0.917. The topological polar surface area (TPSA) is 32.3 Å². The summed E-state index contributed by atoms with van der Waals surface area (Å²) in [6.45, 7) is 5.45. The first kappa shape index (κ1) is 13.8. The molecule has 0 aromatic heterocycles. The highest BCUT2D eigenvalue weighted by Crippen LogP contribution is 2.15. The third-order valence-electron chi connectivity index (χ3n) is 3.22. The van der Waals surface area contributed by atoms with Crippen molar-refractivity contribution in [3.05, 3.63) is 0 Å². The molecule has 1 amide bonds. The van der Waals surface area contributed by atoms with Crippen LogP contribution in [0.4, 0.5) is 0 Å². The van der Waals surface area contributed by atoms with Crippen molar-refractivity contribution in [2.75, 3.05) is 25.4 Å². The second kappa shape index (κ2) is 7.96. The van der Waals surface area contributed by atoms with E-state index in [-0.39, 0.29) is 5.91 Å². The number of piperidine rings is 1. The van der Waals surface area contributed by atoms with Crippen molar-refractivity contribution < 1.29 is 4.79 Å². The van der Waals surface area contributed by atoms with Gasteiger partial charge in [-0.05, 0) is 38.5 Å². The Labute approximate surface area is 104 Å². The highest BCUT2D eigenvalue weighted by atomic mass is 32.1. The van der Waals surface area contributed by atoms with Gasteiger partial charge < -0.3 is 10.2 Å². The molecule has 4 heteroatoms. The van der Waals surface area contributed by atoms with E-state index in [2.05, 4.69) is 29.8 Å². The van der Waals surface area contributed by atoms with Crippen LogP contribution in [0, 0.1) is 0 Å². The van der Waals surface area contributed by atoms with Gasteiger partial charge in [0.1, 0.15) is 0 Å². The number of likely N-dealkylation sites (tertiary alicyclic amines) is 1. The summed E-state index contributed by atoms with van der Waals surface area (Å²) in [7, 11) is 0. The number of nitrogens with zero attached hydrogens (tertiary/aromatic N) is 1. The Kier molecular flexibility index (Phi) is 6.88. The van der Waals surface area contributed by atoms with Crippen LogP contribution in [0.3, 0.4) is 0 Å². The van der Waals surface area contributed by atoms with Crippen molar-refractivity contribution >= 4 is 18.5 Å². The molecule has 1 saturated heterocycles. The van der Waals surface area contributed by atoms with Gasteiger partial charge in [-0.3, -0.25) is 4.79 Å². The minimum absolute atomic E-state index is 0.127. The second-order valence-electron chi connectivity index (χ2n) is 4.56. The Morgan fingerprint density at radius 3 is 3.00 bits per heavy atom. The first-order chi connectivity index (χ1) is 7.74. The minimum Gasteiger partial charge on any atom is -0.356 e. The van der Waals surface area contributed by atoms with E-state index in [1.165, 1.54) is 25.8 Å². The molecule has 1 atom stereocenters. The van der Waals surface area contributed by atoms with E-state index in [0.717, 1.165) is 25.6 Å². The summed E-state index contributed by atoms with van der Waals surface area (Å²) >= 11 is 4.03. The Morgan fingerprint density at radius 1 is 1.50 bits per heavy atom. The molecule has 3 nitrogen and oxygen atoms in total. The van der Waals surface area contributed by atoms with Gasteiger partial charge in [-0.15, -0.1) is 0 Å². The van der Waals surface area contributed by atoms with Crippen molar-refractivity contribution in [1.82, 2.24) is 10.2 Å². The number of nitrogens with one attached hydrogen (secondary N) is 1. The maximum absolute atomic E-state index is 11.2. The van der Waals surface area contributed by atoms with Crippen molar-refractivity contribution in [3.8, 4) is 0 Å². The number of rotatable bonds is 6. The smallest absolute Gasteiger partial charge is 0.220 e. The Balaban J connectivity index is 2.03. The number of hydrogen-bond acceptors (Lipinski definition) is 3. The zero-order valence-corrected chi connectivity index (χ0v) is 11.1. The standard InChI is InChI=1S/C12H24N2OS/c1-11-5-2-3-8-14(11)9-4-7-13-12(15)6-10-16/h11,16H,2-10H2,1H3,(H,13,15). The molecule has 0 aromatic rings. The van der Waals surface area contributed by atoms with Crippen LogP contribution < -0.4 is 5.32 Å². The molecule has 16 heavy (non-hydrogen) atoms. The van der Waals surface area contributed by atoms with Crippen molar-refractivity contribution in [2.24, 2.45) is 0 Å². The molecule has 0 aliphatic carbocycles. The summed E-state index contributed by atoms with van der Waals surface area (Å²) in [5.74, 6) is 0.760. The molecular weight excluding hydrogens is 220 g/mol. The van der Waals surface area contributed by atoms with E-state index < -0.39 is 0 Å². The zero-order valence-electron chi connectivity index (χ0n) is 10.2. The summed E-state index contributed by atoms with van der Waals surface area (Å²) in [5, 5.41) is 2.92. The second-order valence-corrected chi connectivity index (χ2v) is 5.01. The average molecular weight is 244 g/mol. The highest BCUT2D eigenvalue weighted by Gasteiger charge is 2.16. The number of amides is 1. The Morgan fingerprint density at radius 2 is 2.31 bits per heavy atom. The summed E-state index contributed by atoms with van der Waals surface area (Å²) in [6.07, 6.45) is 5.62. The van der Waals surface area contributed by atoms with E-state index >= 15 is 0 Å². The molecule has 0 saturated carbocycles. The van der Waals surface area contributed by atoms with Gasteiger partial charge in [-0.1, -0.05) is 6.42 Å². The van der Waals surface area contributed by atoms with Crippen molar-refractivity contribution in [3.63, 3.8) is 0 Å². The summed E-state index contributed by atoms with van der Waals surface area (Å²) in [6, 6.07) is 0.724. The normalized spacial score (nSPS) is 22.0. The van der Waals surface area contributed by atoms with Gasteiger partial charge in [0.2, 0.25) is 5.91 Å². The first-order valence-electron chi connectivity index (χ1n) is 6.35. The molecule has 0 aromatic carbocycles. The van der Waals surface area contributed by atoms with Gasteiger partial charge >= 0.3 is 0 Å². The maximum atomic E-state index is 11.2. The van der Waals surface area contributed by atoms with Crippen LogP contribution in [-0.2, 0) is 4.79 Å². The van der Waals surface area contributed by atoms with E-state index in [1.807, 2.05) is 0 Å². The monoisotopic (exact) mass is 244 g/mol. The zero-order chi connectivity index (χ0) is 11.8. The molecule has 1 aliphatic rings. The number of carbonyl (C=O) groups is 1. The molecule has 94 valence electrons. The van der Waals surface area contributed by atoms with Crippen LogP contribution in [0.5, 0.6) is 0 Å². The molecular formula is C12H24N2OS. The lowest BCUT2D eigenvalue weighted by molar-refractivity contribution is -0.120. The Bertz CT molecular complexity index is 211. The summed E-state index contributed by atoms with van der Waals surface area (Å²) in [5.41, 5.74) is 0. The molecule has 1 rings (SSSR count). The average Bonchev–Trinajstić information content (AvgIpc) is 2.27. The first-order valence-corrected chi connectivity index (χ1v) is 6.99. The van der Waals surface area contributed by atoms with Crippen LogP contribution in [0.15, 0.2) is 0 Å². The van der Waals surface area contributed by atoms with Gasteiger partial charge in [0.25, 0.3) is 0 Å². The molecule has 1 heterocycles. The number of thiol groups is 1. The van der Waals surface area contributed by atoms with Gasteiger partial charge in [-0.25, -0.2) is 0 Å². The summed E-state index contributed by atoms with van der Waals surface area (Å²) in [4.78, 5) is 13.7. The quantitative estimate of drug-likeness (QED) is 0.550. The minimum atomic E-state index is 0.127. The largest absolute Gasteiger partial charge is 0.356 e. The van der Waals surface area contributed by atoms with Gasteiger partial charge in [-0.2, -0.15) is 12.6 Å². The molecule has 1 unspecified atom stereocenters. The van der Waals surface area contributed by atoms with Crippen molar-refractivity contribution in [1.29, 1.82) is 0 Å². The third kappa shape index (κ3) is 5.21. The molecule has 1 N–H and O–H groups in total. The van der Waals surface area contributed by atoms with Crippen LogP contribution >= 0.6 is 12.6 Å². The van der Waals surface area contributed by atoms with E-state index in [1.54, 1.807) is 0 Å². The Hall–Kier alpha value is -0.220.